The number of amides is 1. The molecule has 2 fully saturated rings. The fourth-order valence-electron chi connectivity index (χ4n) is 3.96. The number of carbonyl (C=O) groups excluding carboxylic acids is 1. The van der Waals surface area contributed by atoms with Gasteiger partial charge >= 0.3 is 6.18 Å². The highest BCUT2D eigenvalue weighted by Gasteiger charge is 2.49. The molecule has 5 rings (SSSR count). The second-order valence-electron chi connectivity index (χ2n) is 7.62. The molecule has 2 saturated heterocycles. The summed E-state index contributed by atoms with van der Waals surface area (Å²) in [7, 11) is 0. The van der Waals surface area contributed by atoms with Crippen LogP contribution in [0.2, 0.25) is 0 Å². The Balaban J connectivity index is 1.25. The number of hydrogen-bond acceptors (Lipinski definition) is 6. The lowest BCUT2D eigenvalue weighted by Crippen LogP contribution is -2.44. The average molecular weight is 445 g/mol. The zero-order chi connectivity index (χ0) is 22.3. The zero-order valence-electron chi connectivity index (χ0n) is 16.6. The Labute approximate surface area is 180 Å². The first-order valence-electron chi connectivity index (χ1n) is 9.95. The lowest BCUT2D eigenvalue weighted by molar-refractivity contribution is -0.137. The molecule has 4 atom stereocenters. The second-order valence-corrected chi connectivity index (χ2v) is 7.62. The topological polar surface area (TPSA) is 91.2 Å². The van der Waals surface area contributed by atoms with Crippen LogP contribution in [0.25, 0.3) is 11.4 Å². The predicted octanol–water partition coefficient (Wildman–Crippen LogP) is 2.50. The van der Waals surface area contributed by atoms with E-state index in [1.54, 1.807) is 17.1 Å². The molecule has 11 heteroatoms. The number of pyridine rings is 1. The molecule has 1 amide bonds. The van der Waals surface area contributed by atoms with Crippen LogP contribution in [0.4, 0.5) is 13.2 Å². The second kappa shape index (κ2) is 7.99. The lowest BCUT2D eigenvalue weighted by atomic mass is 10.1. The summed E-state index contributed by atoms with van der Waals surface area (Å²) < 4.78 is 51.6. The van der Waals surface area contributed by atoms with Crippen molar-refractivity contribution >= 4 is 5.91 Å². The van der Waals surface area contributed by atoms with Gasteiger partial charge in [-0.05, 0) is 36.4 Å². The molecule has 0 bridgehead atoms. The quantitative estimate of drug-likeness (QED) is 0.664. The Kier molecular flexibility index (Phi) is 5.14. The van der Waals surface area contributed by atoms with Crippen molar-refractivity contribution in [2.24, 2.45) is 0 Å². The fraction of sp³-hybridized carbons (Fsp3) is 0.333. The van der Waals surface area contributed by atoms with E-state index in [-0.39, 0.29) is 24.3 Å². The van der Waals surface area contributed by atoms with Gasteiger partial charge in [0, 0.05) is 11.8 Å². The molecule has 1 N–H and O–H groups in total. The van der Waals surface area contributed by atoms with Gasteiger partial charge in [0.25, 0.3) is 5.91 Å². The maximum atomic E-state index is 12.7. The monoisotopic (exact) mass is 445 g/mol. The molecular formula is C21H18F3N5O3. The van der Waals surface area contributed by atoms with E-state index in [9.17, 15) is 18.0 Å². The minimum atomic E-state index is -4.45. The van der Waals surface area contributed by atoms with Gasteiger partial charge in [0.05, 0.1) is 36.7 Å². The highest BCUT2D eigenvalue weighted by molar-refractivity contribution is 5.94. The Morgan fingerprint density at radius 3 is 2.53 bits per heavy atom. The molecule has 3 aromatic rings. The number of aromatic nitrogens is 4. The number of fused-ring (bicyclic) bond motifs is 1. The third-order valence-corrected chi connectivity index (χ3v) is 5.60. The molecule has 2 aromatic heterocycles. The summed E-state index contributed by atoms with van der Waals surface area (Å²) in [5.74, 6) is -0.488. The number of alkyl halides is 3. The summed E-state index contributed by atoms with van der Waals surface area (Å²) in [5.41, 5.74) is 0.646. The highest BCUT2D eigenvalue weighted by Crippen LogP contribution is 2.34. The van der Waals surface area contributed by atoms with Crippen LogP contribution in [0, 0.1) is 0 Å². The van der Waals surface area contributed by atoms with Crippen molar-refractivity contribution in [3.05, 3.63) is 66.0 Å². The van der Waals surface area contributed by atoms with Gasteiger partial charge in [0.15, 0.2) is 0 Å². The summed E-state index contributed by atoms with van der Waals surface area (Å²) in [4.78, 5) is 16.8. The fourth-order valence-corrected chi connectivity index (χ4v) is 3.96. The van der Waals surface area contributed by atoms with Crippen molar-refractivity contribution in [1.82, 2.24) is 25.3 Å². The molecule has 0 unspecified atom stereocenters. The lowest BCUT2D eigenvalue weighted by Gasteiger charge is -2.18. The molecule has 4 heterocycles. The first-order valence-corrected chi connectivity index (χ1v) is 9.95. The van der Waals surface area contributed by atoms with Crippen molar-refractivity contribution < 1.29 is 27.4 Å². The maximum Gasteiger partial charge on any atom is 0.416 e. The van der Waals surface area contributed by atoms with Crippen molar-refractivity contribution in [2.45, 2.75) is 30.5 Å². The number of carbonyl (C=O) groups is 1. The Morgan fingerprint density at radius 2 is 1.81 bits per heavy atom. The third-order valence-electron chi connectivity index (χ3n) is 5.60. The van der Waals surface area contributed by atoms with Gasteiger partial charge in [-0.25, -0.2) is 4.68 Å². The molecule has 2 aliphatic heterocycles. The first-order chi connectivity index (χ1) is 15.4. The molecule has 0 radical (unpaired) electrons. The summed E-state index contributed by atoms with van der Waals surface area (Å²) in [5, 5.41) is 11.2. The Bertz CT molecular complexity index is 1100. The number of benzene rings is 1. The smallest absolute Gasteiger partial charge is 0.371 e. The van der Waals surface area contributed by atoms with E-state index in [1.165, 1.54) is 0 Å². The van der Waals surface area contributed by atoms with E-state index in [4.69, 9.17) is 9.47 Å². The van der Waals surface area contributed by atoms with E-state index in [1.807, 2.05) is 18.2 Å². The largest absolute Gasteiger partial charge is 0.416 e. The SMILES string of the molecule is O=C(N[C@H]1CO[C@H]2[C@H]1OC[C@H]2n1cc(-c2ccccn2)nn1)c1ccc(C(F)(F)F)cc1. The molecule has 0 aliphatic carbocycles. The van der Waals surface area contributed by atoms with E-state index in [0.29, 0.717) is 18.0 Å². The predicted molar refractivity (Wildman–Crippen MR) is 104 cm³/mol. The molecule has 8 nitrogen and oxygen atoms in total. The van der Waals surface area contributed by atoms with E-state index in [0.717, 1.165) is 24.3 Å². The van der Waals surface area contributed by atoms with Crippen LogP contribution in [0.15, 0.2) is 54.9 Å². The summed E-state index contributed by atoms with van der Waals surface area (Å²) in [6.07, 6.45) is -1.75. The molecule has 1 aromatic carbocycles. The summed E-state index contributed by atoms with van der Waals surface area (Å²) in [6.45, 7) is 0.549. The molecule has 2 aliphatic rings. The maximum absolute atomic E-state index is 12.7. The number of ether oxygens (including phenoxy) is 2. The summed E-state index contributed by atoms with van der Waals surface area (Å²) in [6, 6.07) is 8.92. The zero-order valence-corrected chi connectivity index (χ0v) is 16.6. The van der Waals surface area contributed by atoms with E-state index < -0.39 is 29.8 Å². The Morgan fingerprint density at radius 1 is 1.03 bits per heavy atom. The van der Waals surface area contributed by atoms with Crippen molar-refractivity contribution in [2.75, 3.05) is 13.2 Å². The van der Waals surface area contributed by atoms with Crippen LogP contribution in [0.3, 0.4) is 0 Å². The van der Waals surface area contributed by atoms with Gasteiger partial charge in [-0.3, -0.25) is 9.78 Å². The van der Waals surface area contributed by atoms with Crippen molar-refractivity contribution in [3.8, 4) is 11.4 Å². The minimum absolute atomic E-state index is 0.132. The van der Waals surface area contributed by atoms with E-state index >= 15 is 0 Å². The van der Waals surface area contributed by atoms with Gasteiger partial charge in [-0.15, -0.1) is 5.10 Å². The van der Waals surface area contributed by atoms with Crippen LogP contribution in [-0.4, -0.2) is 57.3 Å². The van der Waals surface area contributed by atoms with Crippen LogP contribution in [-0.2, 0) is 15.7 Å². The highest BCUT2D eigenvalue weighted by atomic mass is 19.4. The Hall–Kier alpha value is -3.31. The van der Waals surface area contributed by atoms with Crippen molar-refractivity contribution in [1.29, 1.82) is 0 Å². The standard InChI is InChI=1S/C21H18F3N5O3/c22-21(23,24)13-6-4-12(5-7-13)20(30)26-16-10-31-19-17(11-32-18(16)19)29-9-15(27-28-29)14-3-1-2-8-25-14/h1-9,16-19H,10-11H2,(H,26,30)/t16-,17+,18-,19+/m0/s1. The minimum Gasteiger partial charge on any atom is -0.371 e. The first kappa shape index (κ1) is 20.6. The number of rotatable bonds is 4. The van der Waals surface area contributed by atoms with Crippen LogP contribution >= 0.6 is 0 Å². The van der Waals surface area contributed by atoms with Crippen LogP contribution < -0.4 is 5.32 Å². The number of nitrogens with zero attached hydrogens (tertiary/aromatic N) is 4. The summed E-state index contributed by atoms with van der Waals surface area (Å²) >= 11 is 0. The number of hydrogen-bond donors (Lipinski definition) is 1. The number of nitrogens with one attached hydrogen (secondary N) is 1. The molecule has 0 spiro atoms. The van der Waals surface area contributed by atoms with Gasteiger partial charge in [0.2, 0.25) is 0 Å². The average Bonchev–Trinajstić information content (AvgIpc) is 3.51. The van der Waals surface area contributed by atoms with Crippen LogP contribution in [0.1, 0.15) is 22.0 Å². The van der Waals surface area contributed by atoms with E-state index in [2.05, 4.69) is 20.6 Å². The number of halogens is 3. The van der Waals surface area contributed by atoms with Crippen molar-refractivity contribution in [3.63, 3.8) is 0 Å². The molecule has 0 saturated carbocycles. The van der Waals surface area contributed by atoms with Gasteiger partial charge in [-0.1, -0.05) is 11.3 Å². The van der Waals surface area contributed by atoms with Gasteiger partial charge < -0.3 is 14.8 Å². The van der Waals surface area contributed by atoms with Gasteiger partial charge in [-0.2, -0.15) is 13.2 Å². The van der Waals surface area contributed by atoms with Crippen LogP contribution in [0.5, 0.6) is 0 Å². The van der Waals surface area contributed by atoms with Gasteiger partial charge in [0.1, 0.15) is 23.9 Å². The third kappa shape index (κ3) is 3.84. The molecule has 32 heavy (non-hydrogen) atoms. The normalized spacial score (nSPS) is 25.0. The molecule has 166 valence electrons. The molecular weight excluding hydrogens is 427 g/mol.